The Kier molecular flexibility index (Phi) is 4.81. The number of Topliss-reactive ketones (excluding diaryl/α,β-unsaturated/α-hetero) is 2. The summed E-state index contributed by atoms with van der Waals surface area (Å²) in [6.45, 7) is 7.13. The van der Waals surface area contributed by atoms with E-state index in [9.17, 15) is 14.0 Å². The van der Waals surface area contributed by atoms with Crippen LogP contribution >= 0.6 is 0 Å². The highest BCUT2D eigenvalue weighted by molar-refractivity contribution is 6.14. The lowest BCUT2D eigenvalue weighted by atomic mass is 9.86. The summed E-state index contributed by atoms with van der Waals surface area (Å²) in [4.78, 5) is 23.6. The molecule has 0 saturated heterocycles. The number of ketones is 2. The summed E-state index contributed by atoms with van der Waals surface area (Å²) < 4.78 is 19.1. The van der Waals surface area contributed by atoms with Gasteiger partial charge < -0.3 is 4.74 Å². The van der Waals surface area contributed by atoms with Gasteiger partial charge in [-0.05, 0) is 31.2 Å². The van der Waals surface area contributed by atoms with Crippen LogP contribution in [0.25, 0.3) is 0 Å². The second kappa shape index (κ2) is 5.95. The lowest BCUT2D eigenvalue weighted by Gasteiger charge is -2.18. The van der Waals surface area contributed by atoms with Gasteiger partial charge in [-0.1, -0.05) is 20.8 Å². The van der Waals surface area contributed by atoms with Gasteiger partial charge in [0.25, 0.3) is 0 Å². The van der Waals surface area contributed by atoms with Crippen molar-refractivity contribution in [2.24, 2.45) is 5.41 Å². The van der Waals surface area contributed by atoms with Gasteiger partial charge >= 0.3 is 0 Å². The van der Waals surface area contributed by atoms with Crippen molar-refractivity contribution in [3.8, 4) is 5.75 Å². The van der Waals surface area contributed by atoms with Crippen LogP contribution in [0, 0.1) is 5.41 Å². The maximum Gasteiger partial charge on any atom is 0.221 e. The maximum absolute atomic E-state index is 13.9. The lowest BCUT2D eigenvalue weighted by Crippen LogP contribution is -2.35. The average Bonchev–Trinajstić information content (AvgIpc) is 2.36. The van der Waals surface area contributed by atoms with Gasteiger partial charge in [-0.25, -0.2) is 4.39 Å². The molecule has 0 spiro atoms. The van der Waals surface area contributed by atoms with Gasteiger partial charge in [-0.2, -0.15) is 0 Å². The predicted molar refractivity (Wildman–Crippen MR) is 71.3 cm³/mol. The third-order valence-electron chi connectivity index (χ3n) is 2.65. The minimum Gasteiger partial charge on any atom is -0.494 e. The minimum atomic E-state index is -2.11. The van der Waals surface area contributed by atoms with Crippen molar-refractivity contribution < 1.29 is 18.7 Å². The summed E-state index contributed by atoms with van der Waals surface area (Å²) in [6, 6.07) is 6.11. The molecular formula is C15H19FO3. The van der Waals surface area contributed by atoms with E-state index in [2.05, 4.69) is 0 Å². The Morgan fingerprint density at radius 2 is 1.74 bits per heavy atom. The van der Waals surface area contributed by atoms with Gasteiger partial charge in [0.15, 0.2) is 5.78 Å². The highest BCUT2D eigenvalue weighted by atomic mass is 19.1. The fraction of sp³-hybridized carbons (Fsp3) is 0.467. The molecule has 1 aromatic rings. The quantitative estimate of drug-likeness (QED) is 0.607. The number of hydrogen-bond acceptors (Lipinski definition) is 3. The van der Waals surface area contributed by atoms with Crippen LogP contribution in [0.15, 0.2) is 24.3 Å². The molecular weight excluding hydrogens is 247 g/mol. The summed E-state index contributed by atoms with van der Waals surface area (Å²) in [5.41, 5.74) is -0.700. The fourth-order valence-electron chi connectivity index (χ4n) is 1.53. The lowest BCUT2D eigenvalue weighted by molar-refractivity contribution is -0.129. The maximum atomic E-state index is 13.9. The second-order valence-electron chi connectivity index (χ2n) is 5.30. The Hall–Kier alpha value is -1.71. The number of hydrogen-bond donors (Lipinski definition) is 0. The molecule has 19 heavy (non-hydrogen) atoms. The molecule has 0 aliphatic rings. The van der Waals surface area contributed by atoms with Crippen LogP contribution in [0.4, 0.5) is 4.39 Å². The monoisotopic (exact) mass is 266 g/mol. The topological polar surface area (TPSA) is 43.4 Å². The van der Waals surface area contributed by atoms with Gasteiger partial charge in [-0.3, -0.25) is 9.59 Å². The third kappa shape index (κ3) is 3.88. The molecule has 0 aliphatic carbocycles. The molecule has 104 valence electrons. The zero-order valence-electron chi connectivity index (χ0n) is 11.7. The average molecular weight is 266 g/mol. The number of rotatable bonds is 5. The molecule has 1 rings (SSSR count). The van der Waals surface area contributed by atoms with E-state index in [1.54, 1.807) is 32.9 Å². The number of carbonyl (C=O) groups is 2. The normalized spacial score (nSPS) is 12.9. The molecule has 1 unspecified atom stereocenters. The van der Waals surface area contributed by atoms with Crippen LogP contribution in [-0.2, 0) is 4.79 Å². The van der Waals surface area contributed by atoms with E-state index in [0.29, 0.717) is 12.4 Å². The van der Waals surface area contributed by atoms with Crippen LogP contribution in [0.1, 0.15) is 38.1 Å². The summed E-state index contributed by atoms with van der Waals surface area (Å²) in [6.07, 6.45) is -2.11. The number of alkyl halides is 1. The molecule has 3 nitrogen and oxygen atoms in total. The van der Waals surface area contributed by atoms with Gasteiger partial charge in [0.2, 0.25) is 12.0 Å². The van der Waals surface area contributed by atoms with Gasteiger partial charge in [0, 0.05) is 11.0 Å². The van der Waals surface area contributed by atoms with Gasteiger partial charge in [-0.15, -0.1) is 0 Å². The van der Waals surface area contributed by atoms with Crippen molar-refractivity contribution in [1.82, 2.24) is 0 Å². The molecule has 0 N–H and O–H groups in total. The van der Waals surface area contributed by atoms with Crippen LogP contribution in [0.5, 0.6) is 5.75 Å². The summed E-state index contributed by atoms with van der Waals surface area (Å²) in [5.74, 6) is -0.897. The molecule has 0 heterocycles. The molecule has 0 saturated carbocycles. The minimum absolute atomic E-state index is 0.175. The van der Waals surface area contributed by atoms with Gasteiger partial charge in [0.05, 0.1) is 6.61 Å². The Balaban J connectivity index is 2.85. The third-order valence-corrected chi connectivity index (χ3v) is 2.65. The molecule has 4 heteroatoms. The number of halogens is 1. The zero-order chi connectivity index (χ0) is 14.6. The standard InChI is InChI=1S/C15H19FO3/c1-5-19-11-8-6-10(7-9-11)13(17)12(16)14(18)15(2,3)4/h6-9,12H,5H2,1-4H3. The van der Waals surface area contributed by atoms with E-state index in [4.69, 9.17) is 4.74 Å². The number of benzene rings is 1. The SMILES string of the molecule is CCOc1ccc(C(=O)C(F)C(=O)C(C)(C)C)cc1. The van der Waals surface area contributed by atoms with E-state index in [1.165, 1.54) is 12.1 Å². The fourth-order valence-corrected chi connectivity index (χ4v) is 1.53. The zero-order valence-corrected chi connectivity index (χ0v) is 11.7. The Labute approximate surface area is 112 Å². The number of carbonyl (C=O) groups excluding carboxylic acids is 2. The molecule has 0 radical (unpaired) electrons. The first-order valence-corrected chi connectivity index (χ1v) is 6.23. The molecule has 0 fully saturated rings. The molecule has 1 aromatic carbocycles. The van der Waals surface area contributed by atoms with E-state index >= 15 is 0 Å². The Morgan fingerprint density at radius 3 is 2.16 bits per heavy atom. The largest absolute Gasteiger partial charge is 0.494 e. The highest BCUT2D eigenvalue weighted by Crippen LogP contribution is 2.21. The predicted octanol–water partition coefficient (Wildman–Crippen LogP) is 3.22. The molecule has 0 bridgehead atoms. The van der Waals surface area contributed by atoms with Gasteiger partial charge in [0.1, 0.15) is 5.75 Å². The first-order valence-electron chi connectivity index (χ1n) is 6.23. The summed E-state index contributed by atoms with van der Waals surface area (Å²) in [7, 11) is 0. The molecule has 0 amide bonds. The van der Waals surface area contributed by atoms with Crippen molar-refractivity contribution in [3.05, 3.63) is 29.8 Å². The van der Waals surface area contributed by atoms with Crippen molar-refractivity contribution in [2.75, 3.05) is 6.61 Å². The van der Waals surface area contributed by atoms with Crippen molar-refractivity contribution in [2.45, 2.75) is 33.9 Å². The number of ether oxygens (including phenoxy) is 1. The molecule has 1 atom stereocenters. The van der Waals surface area contributed by atoms with Crippen LogP contribution < -0.4 is 4.74 Å². The van der Waals surface area contributed by atoms with Crippen LogP contribution in [-0.4, -0.2) is 24.3 Å². The van der Waals surface area contributed by atoms with Crippen molar-refractivity contribution in [3.63, 3.8) is 0 Å². The first kappa shape index (κ1) is 15.3. The molecule has 0 aromatic heterocycles. The van der Waals surface area contributed by atoms with E-state index in [0.717, 1.165) is 0 Å². The second-order valence-corrected chi connectivity index (χ2v) is 5.30. The molecule has 0 aliphatic heterocycles. The van der Waals surface area contributed by atoms with E-state index < -0.39 is 23.2 Å². The smallest absolute Gasteiger partial charge is 0.221 e. The summed E-state index contributed by atoms with van der Waals surface area (Å²) in [5, 5.41) is 0. The van der Waals surface area contributed by atoms with E-state index in [1.807, 2.05) is 6.92 Å². The Bertz CT molecular complexity index is 457. The van der Waals surface area contributed by atoms with Crippen LogP contribution in [0.2, 0.25) is 0 Å². The van der Waals surface area contributed by atoms with Crippen molar-refractivity contribution in [1.29, 1.82) is 0 Å². The Morgan fingerprint density at radius 1 is 1.21 bits per heavy atom. The summed E-state index contributed by atoms with van der Waals surface area (Å²) >= 11 is 0. The van der Waals surface area contributed by atoms with Crippen molar-refractivity contribution >= 4 is 11.6 Å². The first-order chi connectivity index (χ1) is 8.77. The van der Waals surface area contributed by atoms with E-state index in [-0.39, 0.29) is 5.56 Å². The highest BCUT2D eigenvalue weighted by Gasteiger charge is 2.35. The van der Waals surface area contributed by atoms with Crippen LogP contribution in [0.3, 0.4) is 0 Å².